The Kier molecular flexibility index (Phi) is 4.77. The van der Waals surface area contributed by atoms with E-state index in [2.05, 4.69) is 43.1 Å². The minimum absolute atomic E-state index is 0.0137. The van der Waals surface area contributed by atoms with Gasteiger partial charge in [0, 0.05) is 17.1 Å². The minimum Gasteiger partial charge on any atom is -0.433 e. The van der Waals surface area contributed by atoms with E-state index in [1.165, 1.54) is 6.07 Å². The normalized spacial score (nSPS) is 20.9. The maximum atomic E-state index is 12.4. The van der Waals surface area contributed by atoms with Gasteiger partial charge >= 0.3 is 6.61 Å². The molecular weight excluding hydrogens is 310 g/mol. The molecule has 0 spiro atoms. The topological polar surface area (TPSA) is 50.4 Å². The van der Waals surface area contributed by atoms with Crippen LogP contribution in [0.25, 0.3) is 0 Å². The van der Waals surface area contributed by atoms with E-state index in [9.17, 15) is 13.6 Å². The zero-order valence-corrected chi connectivity index (χ0v) is 14.0. The summed E-state index contributed by atoms with van der Waals surface area (Å²) in [4.78, 5) is 12.5. The molecule has 0 radical (unpaired) electrons. The number of carbonyl (C=O) groups is 1. The lowest BCUT2D eigenvalue weighted by atomic mass is 9.79. The monoisotopic (exact) mass is 332 g/mol. The summed E-state index contributed by atoms with van der Waals surface area (Å²) < 4.78 is 29.1. The van der Waals surface area contributed by atoms with Crippen molar-refractivity contribution >= 4 is 17.2 Å². The first kappa shape index (κ1) is 17.1. The van der Waals surface area contributed by atoms with E-state index in [-0.39, 0.29) is 33.7 Å². The maximum absolute atomic E-state index is 12.4. The third-order valence-electron chi connectivity index (χ3n) is 3.58. The van der Waals surface area contributed by atoms with Gasteiger partial charge in [0.15, 0.2) is 0 Å². The number of nitrogens with one attached hydrogen (secondary N) is 2. The third-order valence-corrected chi connectivity index (χ3v) is 4.47. The summed E-state index contributed by atoms with van der Waals surface area (Å²) in [6.07, 6.45) is 1.55. The van der Waals surface area contributed by atoms with Gasteiger partial charge < -0.3 is 15.4 Å². The molecule has 2 heterocycles. The van der Waals surface area contributed by atoms with Crippen molar-refractivity contribution in [2.75, 3.05) is 0 Å². The molecule has 1 aromatic heterocycles. The van der Waals surface area contributed by atoms with Gasteiger partial charge in [0.05, 0.1) is 0 Å². The summed E-state index contributed by atoms with van der Waals surface area (Å²) in [6, 6.07) is 1.38. The Hall–Kier alpha value is -1.21. The smallest absolute Gasteiger partial charge is 0.387 e. The van der Waals surface area contributed by atoms with Gasteiger partial charge in [-0.3, -0.25) is 4.79 Å². The standard InChI is InChI=1S/C15H22F2N2O2S/c1-14(2)7-9(8-15(3,4)19-14)18-12(20)11-10(5-6-22-11)21-13(16)17/h5-6,9,13,19H,7-8H2,1-4H3,(H,18,20). The Morgan fingerprint density at radius 2 is 1.95 bits per heavy atom. The second-order valence-corrected chi connectivity index (χ2v) is 7.88. The number of ether oxygens (including phenoxy) is 1. The largest absolute Gasteiger partial charge is 0.433 e. The first-order valence-electron chi connectivity index (χ1n) is 7.20. The van der Waals surface area contributed by atoms with Crippen molar-refractivity contribution in [1.82, 2.24) is 10.6 Å². The number of piperidine rings is 1. The van der Waals surface area contributed by atoms with E-state index in [1.54, 1.807) is 5.38 Å². The predicted octanol–water partition coefficient (Wildman–Crippen LogP) is 3.39. The van der Waals surface area contributed by atoms with Crippen LogP contribution in [0.1, 0.15) is 50.2 Å². The van der Waals surface area contributed by atoms with Crippen LogP contribution in [0.15, 0.2) is 11.4 Å². The molecule has 1 saturated heterocycles. The molecule has 0 unspecified atom stereocenters. The number of rotatable bonds is 4. The Morgan fingerprint density at radius 3 is 2.50 bits per heavy atom. The summed E-state index contributed by atoms with van der Waals surface area (Å²) in [7, 11) is 0. The molecule has 1 aromatic rings. The van der Waals surface area contributed by atoms with E-state index >= 15 is 0 Å². The van der Waals surface area contributed by atoms with Crippen molar-refractivity contribution in [2.45, 2.75) is 64.3 Å². The molecular formula is C15H22F2N2O2S. The predicted molar refractivity (Wildman–Crippen MR) is 82.7 cm³/mol. The average Bonchev–Trinajstić information content (AvgIpc) is 2.71. The molecule has 0 bridgehead atoms. The van der Waals surface area contributed by atoms with Crippen molar-refractivity contribution < 1.29 is 18.3 Å². The highest BCUT2D eigenvalue weighted by Crippen LogP contribution is 2.30. The maximum Gasteiger partial charge on any atom is 0.387 e. The summed E-state index contributed by atoms with van der Waals surface area (Å²) in [6.45, 7) is 5.41. The molecule has 1 amide bonds. The molecule has 0 aliphatic carbocycles. The van der Waals surface area contributed by atoms with Gasteiger partial charge in [-0.2, -0.15) is 8.78 Å². The summed E-state index contributed by atoms with van der Waals surface area (Å²) in [5.41, 5.74) is -0.200. The van der Waals surface area contributed by atoms with Crippen LogP contribution >= 0.6 is 11.3 Å². The van der Waals surface area contributed by atoms with Crippen LogP contribution in [0.4, 0.5) is 8.78 Å². The van der Waals surface area contributed by atoms with E-state index in [1.807, 2.05) is 0 Å². The van der Waals surface area contributed by atoms with E-state index in [4.69, 9.17) is 0 Å². The fourth-order valence-electron chi connectivity index (χ4n) is 3.33. The zero-order chi connectivity index (χ0) is 16.5. The van der Waals surface area contributed by atoms with Crippen LogP contribution in [-0.2, 0) is 0 Å². The number of hydrogen-bond acceptors (Lipinski definition) is 4. The number of amides is 1. The van der Waals surface area contributed by atoms with Gasteiger partial charge in [0.1, 0.15) is 10.6 Å². The lowest BCUT2D eigenvalue weighted by Gasteiger charge is -2.46. The number of carbonyl (C=O) groups excluding carboxylic acids is 1. The fraction of sp³-hybridized carbons (Fsp3) is 0.667. The highest BCUT2D eigenvalue weighted by molar-refractivity contribution is 7.12. The SMILES string of the molecule is CC1(C)CC(NC(=O)c2sccc2OC(F)F)CC(C)(C)N1. The van der Waals surface area contributed by atoms with Gasteiger partial charge in [-0.25, -0.2) is 0 Å². The quantitative estimate of drug-likeness (QED) is 0.888. The van der Waals surface area contributed by atoms with Gasteiger partial charge in [-0.1, -0.05) is 0 Å². The molecule has 4 nitrogen and oxygen atoms in total. The molecule has 2 rings (SSSR count). The lowest BCUT2D eigenvalue weighted by molar-refractivity contribution is -0.0498. The highest BCUT2D eigenvalue weighted by atomic mass is 32.1. The molecule has 0 saturated carbocycles. The van der Waals surface area contributed by atoms with Crippen LogP contribution in [0.5, 0.6) is 5.75 Å². The molecule has 22 heavy (non-hydrogen) atoms. The molecule has 2 N–H and O–H groups in total. The van der Waals surface area contributed by atoms with Crippen LogP contribution in [0, 0.1) is 0 Å². The van der Waals surface area contributed by atoms with Gasteiger partial charge in [0.25, 0.3) is 5.91 Å². The highest BCUT2D eigenvalue weighted by Gasteiger charge is 2.38. The van der Waals surface area contributed by atoms with Crippen LogP contribution < -0.4 is 15.4 Å². The summed E-state index contributed by atoms with van der Waals surface area (Å²) >= 11 is 1.10. The van der Waals surface area contributed by atoms with Gasteiger partial charge in [0.2, 0.25) is 0 Å². The Morgan fingerprint density at radius 1 is 1.36 bits per heavy atom. The van der Waals surface area contributed by atoms with E-state index in [0.717, 1.165) is 24.2 Å². The van der Waals surface area contributed by atoms with Crippen molar-refractivity contribution in [3.05, 3.63) is 16.3 Å². The number of alkyl halides is 2. The first-order chi connectivity index (χ1) is 10.1. The number of hydrogen-bond donors (Lipinski definition) is 2. The van der Waals surface area contributed by atoms with E-state index in [0.29, 0.717) is 0 Å². The number of halogens is 2. The molecule has 1 fully saturated rings. The molecule has 0 atom stereocenters. The lowest BCUT2D eigenvalue weighted by Crippen LogP contribution is -2.62. The second-order valence-electron chi connectivity index (χ2n) is 6.96. The van der Waals surface area contributed by atoms with Gasteiger partial charge in [-0.05, 0) is 52.0 Å². The van der Waals surface area contributed by atoms with E-state index < -0.39 is 6.61 Å². The zero-order valence-electron chi connectivity index (χ0n) is 13.2. The molecule has 0 aromatic carbocycles. The Labute approximate surface area is 133 Å². The Bertz CT molecular complexity index is 527. The fourth-order valence-corrected chi connectivity index (χ4v) is 4.05. The van der Waals surface area contributed by atoms with Crippen molar-refractivity contribution in [3.8, 4) is 5.75 Å². The summed E-state index contributed by atoms with van der Waals surface area (Å²) in [5, 5.41) is 8.06. The Balaban J connectivity index is 2.07. The summed E-state index contributed by atoms with van der Waals surface area (Å²) in [5.74, 6) is -0.422. The van der Waals surface area contributed by atoms with Crippen molar-refractivity contribution in [3.63, 3.8) is 0 Å². The average molecular weight is 332 g/mol. The van der Waals surface area contributed by atoms with Crippen LogP contribution in [0.3, 0.4) is 0 Å². The third kappa shape index (κ3) is 4.39. The number of thiophene rings is 1. The van der Waals surface area contributed by atoms with Crippen LogP contribution in [-0.4, -0.2) is 29.6 Å². The first-order valence-corrected chi connectivity index (χ1v) is 8.08. The second kappa shape index (κ2) is 6.12. The molecule has 7 heteroatoms. The molecule has 124 valence electrons. The van der Waals surface area contributed by atoms with Gasteiger partial charge in [-0.15, -0.1) is 11.3 Å². The minimum atomic E-state index is -2.93. The van der Waals surface area contributed by atoms with Crippen molar-refractivity contribution in [2.24, 2.45) is 0 Å². The molecule has 1 aliphatic rings. The molecule has 1 aliphatic heterocycles. The van der Waals surface area contributed by atoms with Crippen molar-refractivity contribution in [1.29, 1.82) is 0 Å². The van der Waals surface area contributed by atoms with Crippen LogP contribution in [0.2, 0.25) is 0 Å².